The molecule has 0 fully saturated rings. The van der Waals surface area contributed by atoms with Crippen LogP contribution in [-0.4, -0.2) is 36.5 Å². The predicted molar refractivity (Wildman–Crippen MR) is 107 cm³/mol. The number of rotatable bonds is 9. The second kappa shape index (κ2) is 12.1. The summed E-state index contributed by atoms with van der Waals surface area (Å²) in [6, 6.07) is 0. The van der Waals surface area contributed by atoms with Crippen molar-refractivity contribution >= 4 is 63.2 Å². The Labute approximate surface area is 146 Å². The summed E-state index contributed by atoms with van der Waals surface area (Å²) in [6.45, 7) is 9.59. The molecule has 0 spiro atoms. The SMILES string of the molecule is CCCC[P+](C)(CCCC)CCCC.[Cl][Sn-]([Cl])([Cl])([Cl])[Cl]. The number of hydrogen-bond acceptors (Lipinski definition) is 0. The van der Waals surface area contributed by atoms with Gasteiger partial charge in [0.2, 0.25) is 0 Å². The fourth-order valence-electron chi connectivity index (χ4n) is 1.95. The molecule has 0 nitrogen and oxygen atoms in total. The molecule has 0 aliphatic rings. The van der Waals surface area contributed by atoms with Crippen molar-refractivity contribution in [3.8, 4) is 0 Å². The molecule has 0 aliphatic carbocycles. The number of halogens is 5. The van der Waals surface area contributed by atoms with E-state index in [1.807, 2.05) is 0 Å². The molecular formula is C13H30Cl5PSn. The fraction of sp³-hybridized carbons (Fsp3) is 1.00. The maximum atomic E-state index is 5.06. The van der Waals surface area contributed by atoms with Gasteiger partial charge in [-0.05, 0) is 19.3 Å². The van der Waals surface area contributed by atoms with Crippen LogP contribution in [0.3, 0.4) is 0 Å². The van der Waals surface area contributed by atoms with Crippen LogP contribution in [-0.2, 0) is 0 Å². The minimum absolute atomic E-state index is 0.519. The van der Waals surface area contributed by atoms with E-state index in [2.05, 4.69) is 27.4 Å². The molecule has 0 saturated heterocycles. The topological polar surface area (TPSA) is 0 Å². The van der Waals surface area contributed by atoms with Crippen LogP contribution in [0.15, 0.2) is 0 Å². The van der Waals surface area contributed by atoms with Crippen LogP contribution in [0.25, 0.3) is 0 Å². The van der Waals surface area contributed by atoms with E-state index in [0.717, 1.165) is 0 Å². The molecule has 0 aromatic carbocycles. The third kappa shape index (κ3) is 25.6. The van der Waals surface area contributed by atoms with E-state index in [1.165, 1.54) is 38.5 Å². The van der Waals surface area contributed by atoms with Gasteiger partial charge in [-0.1, -0.05) is 40.0 Å². The van der Waals surface area contributed by atoms with Crippen LogP contribution in [0.5, 0.6) is 0 Å². The Hall–Kier alpha value is 2.68. The summed E-state index contributed by atoms with van der Waals surface area (Å²) in [7, 11) is 24.8. The predicted octanol–water partition coefficient (Wildman–Crippen LogP) is 8.10. The van der Waals surface area contributed by atoms with Crippen molar-refractivity contribution < 1.29 is 0 Å². The molecule has 7 heteroatoms. The summed E-state index contributed by atoms with van der Waals surface area (Å²) in [4.78, 5) is 0. The molecule has 0 aromatic rings. The second-order valence-electron chi connectivity index (χ2n) is 5.57. The zero-order valence-electron chi connectivity index (χ0n) is 13.2. The van der Waals surface area contributed by atoms with Crippen molar-refractivity contribution in [3.63, 3.8) is 0 Å². The first-order valence-electron chi connectivity index (χ1n) is 7.46. The Kier molecular flexibility index (Phi) is 15.1. The molecule has 0 heterocycles. The zero-order valence-corrected chi connectivity index (χ0v) is 20.7. The molecule has 0 unspecified atom stereocenters. The molecule has 0 bridgehead atoms. The molecule has 20 heavy (non-hydrogen) atoms. The van der Waals surface area contributed by atoms with Gasteiger partial charge in [0.1, 0.15) is 0 Å². The van der Waals surface area contributed by atoms with E-state index >= 15 is 0 Å². The van der Waals surface area contributed by atoms with Crippen LogP contribution in [0.2, 0.25) is 0 Å². The van der Waals surface area contributed by atoms with E-state index in [0.29, 0.717) is 0 Å². The van der Waals surface area contributed by atoms with Crippen molar-refractivity contribution in [2.45, 2.75) is 59.3 Å². The van der Waals surface area contributed by atoms with E-state index < -0.39 is 18.6 Å². The van der Waals surface area contributed by atoms with E-state index in [-0.39, 0.29) is 0 Å². The summed E-state index contributed by atoms with van der Waals surface area (Å²) in [5.41, 5.74) is 0. The van der Waals surface area contributed by atoms with Gasteiger partial charge in [0, 0.05) is 13.9 Å². The van der Waals surface area contributed by atoms with Gasteiger partial charge in [0.25, 0.3) is 0 Å². The standard InChI is InChI=1S/C13H30P.5ClH.Sn/c1-5-8-11-14(4,12-9-6-2)13-10-7-3;;;;;;/h5-13H2,1-4H3;5*1H;/q+1;;;;;;+4/p-5. The van der Waals surface area contributed by atoms with E-state index in [1.54, 1.807) is 18.5 Å². The molecular weight excluding hydrogens is 483 g/mol. The summed E-state index contributed by atoms with van der Waals surface area (Å²) in [6.07, 6.45) is 13.2. The van der Waals surface area contributed by atoms with Gasteiger partial charge in [0.05, 0.1) is 18.5 Å². The first kappa shape index (κ1) is 24.9. The molecule has 0 saturated carbocycles. The quantitative estimate of drug-likeness (QED) is 0.216. The normalized spacial score (nSPS) is 14.2. The minimum atomic E-state index is -4.40. The van der Waals surface area contributed by atoms with Gasteiger partial charge in [-0.2, -0.15) is 0 Å². The third-order valence-corrected chi connectivity index (χ3v) is 7.34. The van der Waals surface area contributed by atoms with Crippen molar-refractivity contribution in [1.82, 2.24) is 0 Å². The molecule has 0 aromatic heterocycles. The molecule has 126 valence electrons. The van der Waals surface area contributed by atoms with E-state index in [4.69, 9.17) is 44.6 Å². The maximum absolute atomic E-state index is 5.06. The van der Waals surface area contributed by atoms with Crippen LogP contribution >= 0.6 is 51.9 Å². The molecule has 0 rings (SSSR count). The van der Waals surface area contributed by atoms with Crippen LogP contribution in [0.4, 0.5) is 0 Å². The number of hydrogen-bond donors (Lipinski definition) is 0. The molecule has 0 aliphatic heterocycles. The monoisotopic (exact) mass is 512 g/mol. The molecule has 0 N–H and O–H groups in total. The van der Waals surface area contributed by atoms with Crippen molar-refractivity contribution in [1.29, 1.82) is 0 Å². The Morgan fingerprint density at radius 2 is 0.850 bits per heavy atom. The summed E-state index contributed by atoms with van der Waals surface area (Å²) < 4.78 is 0. The summed E-state index contributed by atoms with van der Waals surface area (Å²) in [5.74, 6) is 0. The summed E-state index contributed by atoms with van der Waals surface area (Å²) >= 11 is -4.40. The van der Waals surface area contributed by atoms with Crippen LogP contribution < -0.4 is 0 Å². The third-order valence-electron chi connectivity index (χ3n) is 3.15. The molecule has 0 radical (unpaired) electrons. The summed E-state index contributed by atoms with van der Waals surface area (Å²) in [5, 5.41) is 0. The van der Waals surface area contributed by atoms with Crippen molar-refractivity contribution in [3.05, 3.63) is 0 Å². The average molecular weight is 513 g/mol. The van der Waals surface area contributed by atoms with Gasteiger partial charge in [-0.15, -0.1) is 0 Å². The van der Waals surface area contributed by atoms with E-state index in [9.17, 15) is 0 Å². The fourth-order valence-corrected chi connectivity index (χ4v) is 5.86. The van der Waals surface area contributed by atoms with Crippen LogP contribution in [0, 0.1) is 0 Å². The van der Waals surface area contributed by atoms with Gasteiger partial charge >= 0.3 is 56.0 Å². The van der Waals surface area contributed by atoms with Crippen LogP contribution in [0.1, 0.15) is 59.3 Å². The molecule has 0 atom stereocenters. The van der Waals surface area contributed by atoms with Crippen molar-refractivity contribution in [2.24, 2.45) is 0 Å². The average Bonchev–Trinajstić information content (AvgIpc) is 2.28. The Balaban J connectivity index is 0. The van der Waals surface area contributed by atoms with Gasteiger partial charge in [-0.3, -0.25) is 0 Å². The van der Waals surface area contributed by atoms with Gasteiger partial charge in [0.15, 0.2) is 0 Å². The Morgan fingerprint density at radius 3 is 1.00 bits per heavy atom. The molecule has 0 amide bonds. The first-order chi connectivity index (χ1) is 8.92. The number of unbranched alkanes of at least 4 members (excludes halogenated alkanes) is 3. The van der Waals surface area contributed by atoms with Crippen molar-refractivity contribution in [2.75, 3.05) is 25.2 Å². The van der Waals surface area contributed by atoms with Gasteiger partial charge < -0.3 is 0 Å². The zero-order chi connectivity index (χ0) is 16.3. The van der Waals surface area contributed by atoms with Gasteiger partial charge in [-0.25, -0.2) is 0 Å². The first-order valence-corrected chi connectivity index (χ1v) is 28.3. The second-order valence-corrected chi connectivity index (χ2v) is 52.6. The Morgan fingerprint density at radius 1 is 0.650 bits per heavy atom. The Bertz CT molecular complexity index is 202.